The lowest BCUT2D eigenvalue weighted by atomic mass is 10.1. The molecule has 0 amide bonds. The second-order valence-electron chi connectivity index (χ2n) is 5.80. The average molecular weight is 280 g/mol. The molecule has 20 heavy (non-hydrogen) atoms. The summed E-state index contributed by atoms with van der Waals surface area (Å²) in [6.45, 7) is 7.37. The molecule has 5 heteroatoms. The van der Waals surface area contributed by atoms with Gasteiger partial charge in [-0.2, -0.15) is 0 Å². The minimum Gasteiger partial charge on any atom is -0.481 e. The lowest BCUT2D eigenvalue weighted by Crippen LogP contribution is -2.53. The van der Waals surface area contributed by atoms with Gasteiger partial charge in [0.25, 0.3) is 0 Å². The van der Waals surface area contributed by atoms with E-state index >= 15 is 0 Å². The molecule has 1 atom stereocenters. The van der Waals surface area contributed by atoms with E-state index in [2.05, 4.69) is 23.7 Å². The number of nitrogens with zero attached hydrogens (tertiary/aromatic N) is 2. The van der Waals surface area contributed by atoms with Crippen molar-refractivity contribution in [3.8, 4) is 5.88 Å². The molecule has 1 saturated heterocycles. The van der Waals surface area contributed by atoms with Crippen LogP contribution in [0.1, 0.15) is 19.5 Å². The van der Waals surface area contributed by atoms with E-state index in [1.165, 1.54) is 0 Å². The molecule has 0 spiro atoms. The Labute approximate surface area is 120 Å². The highest BCUT2D eigenvalue weighted by Gasteiger charge is 2.33. The predicted octanol–water partition coefficient (Wildman–Crippen LogP) is 1.72. The van der Waals surface area contributed by atoms with E-state index < -0.39 is 0 Å². The summed E-state index contributed by atoms with van der Waals surface area (Å²) in [5.41, 5.74) is 0.846. The summed E-state index contributed by atoms with van der Waals surface area (Å²) in [5, 5.41) is 0. The van der Waals surface area contributed by atoms with E-state index in [9.17, 15) is 0 Å². The van der Waals surface area contributed by atoms with Crippen molar-refractivity contribution in [3.05, 3.63) is 23.9 Å². The minimum absolute atomic E-state index is 0.106. The van der Waals surface area contributed by atoms with E-state index in [1.54, 1.807) is 14.2 Å². The molecule has 0 aromatic carbocycles. The standard InChI is InChI=1S/C15H24N2O3/c1-15(2)11-17(9-13(20-15)10-18-3)8-12-6-5-7-14(16-12)19-4/h5-7,13H,8-11H2,1-4H3. The maximum atomic E-state index is 6.02. The van der Waals surface area contributed by atoms with Crippen LogP contribution in [0, 0.1) is 0 Å². The number of methoxy groups -OCH3 is 2. The maximum absolute atomic E-state index is 6.02. The molecule has 2 heterocycles. The quantitative estimate of drug-likeness (QED) is 0.821. The van der Waals surface area contributed by atoms with Gasteiger partial charge in [0.1, 0.15) is 0 Å². The van der Waals surface area contributed by atoms with Gasteiger partial charge in [-0.1, -0.05) is 6.07 Å². The van der Waals surface area contributed by atoms with Crippen LogP contribution in [0.15, 0.2) is 18.2 Å². The lowest BCUT2D eigenvalue weighted by Gasteiger charge is -2.42. The van der Waals surface area contributed by atoms with Gasteiger partial charge >= 0.3 is 0 Å². The van der Waals surface area contributed by atoms with Crippen LogP contribution in [0.3, 0.4) is 0 Å². The number of ether oxygens (including phenoxy) is 3. The van der Waals surface area contributed by atoms with Gasteiger partial charge < -0.3 is 14.2 Å². The number of rotatable bonds is 5. The number of hydrogen-bond donors (Lipinski definition) is 0. The molecule has 112 valence electrons. The smallest absolute Gasteiger partial charge is 0.213 e. The molecular weight excluding hydrogens is 256 g/mol. The van der Waals surface area contributed by atoms with E-state index in [-0.39, 0.29) is 11.7 Å². The maximum Gasteiger partial charge on any atom is 0.213 e. The van der Waals surface area contributed by atoms with Crippen LogP contribution < -0.4 is 4.74 Å². The van der Waals surface area contributed by atoms with Crippen LogP contribution in [0.2, 0.25) is 0 Å². The zero-order valence-corrected chi connectivity index (χ0v) is 12.8. The number of hydrogen-bond acceptors (Lipinski definition) is 5. The van der Waals surface area contributed by atoms with Crippen molar-refractivity contribution in [1.82, 2.24) is 9.88 Å². The first-order chi connectivity index (χ1) is 9.52. The Morgan fingerprint density at radius 1 is 1.40 bits per heavy atom. The van der Waals surface area contributed by atoms with Crippen molar-refractivity contribution in [2.75, 3.05) is 33.9 Å². The highest BCUT2D eigenvalue weighted by atomic mass is 16.5. The fourth-order valence-corrected chi connectivity index (χ4v) is 2.70. The molecule has 1 aromatic heterocycles. The summed E-state index contributed by atoms with van der Waals surface area (Å²) in [7, 11) is 3.34. The SMILES string of the molecule is COCC1CN(Cc2cccc(OC)n2)CC(C)(C)O1. The van der Waals surface area contributed by atoms with Crippen molar-refractivity contribution in [2.24, 2.45) is 0 Å². The van der Waals surface area contributed by atoms with E-state index in [4.69, 9.17) is 14.2 Å². The highest BCUT2D eigenvalue weighted by Crippen LogP contribution is 2.22. The Morgan fingerprint density at radius 2 is 2.20 bits per heavy atom. The molecule has 0 aliphatic carbocycles. The third kappa shape index (κ3) is 4.16. The third-order valence-electron chi connectivity index (χ3n) is 3.28. The number of pyridine rings is 1. The van der Waals surface area contributed by atoms with Crippen molar-refractivity contribution in [1.29, 1.82) is 0 Å². The zero-order valence-electron chi connectivity index (χ0n) is 12.8. The number of morpholine rings is 1. The second-order valence-corrected chi connectivity index (χ2v) is 5.80. The van der Waals surface area contributed by atoms with Crippen LogP contribution in [-0.4, -0.2) is 55.5 Å². The molecule has 1 aliphatic heterocycles. The van der Waals surface area contributed by atoms with Crippen molar-refractivity contribution in [2.45, 2.75) is 32.1 Å². The normalized spacial score (nSPS) is 22.7. The highest BCUT2D eigenvalue weighted by molar-refractivity contribution is 5.15. The molecule has 0 radical (unpaired) electrons. The van der Waals surface area contributed by atoms with Gasteiger partial charge in [-0.15, -0.1) is 0 Å². The molecule has 1 unspecified atom stereocenters. The van der Waals surface area contributed by atoms with Crippen LogP contribution in [0.5, 0.6) is 5.88 Å². The molecule has 1 aromatic rings. The number of aromatic nitrogens is 1. The molecule has 1 fully saturated rings. The fraction of sp³-hybridized carbons (Fsp3) is 0.667. The monoisotopic (exact) mass is 280 g/mol. The Morgan fingerprint density at radius 3 is 2.90 bits per heavy atom. The molecule has 1 aliphatic rings. The zero-order chi connectivity index (χ0) is 14.6. The summed E-state index contributed by atoms with van der Waals surface area (Å²) in [4.78, 5) is 6.82. The molecule has 0 saturated carbocycles. The average Bonchev–Trinajstić information content (AvgIpc) is 2.37. The molecule has 2 rings (SSSR count). The third-order valence-corrected chi connectivity index (χ3v) is 3.28. The largest absolute Gasteiger partial charge is 0.481 e. The Bertz CT molecular complexity index is 437. The molecule has 0 bridgehead atoms. The minimum atomic E-state index is -0.166. The predicted molar refractivity (Wildman–Crippen MR) is 76.9 cm³/mol. The first-order valence-corrected chi connectivity index (χ1v) is 6.91. The summed E-state index contributed by atoms with van der Waals surface area (Å²) in [5.74, 6) is 0.656. The molecule has 0 N–H and O–H groups in total. The summed E-state index contributed by atoms with van der Waals surface area (Å²) < 4.78 is 16.4. The van der Waals surface area contributed by atoms with Gasteiger partial charge in [-0.25, -0.2) is 4.98 Å². The lowest BCUT2D eigenvalue weighted by molar-refractivity contribution is -0.154. The topological polar surface area (TPSA) is 43.8 Å². The van der Waals surface area contributed by atoms with Crippen molar-refractivity contribution >= 4 is 0 Å². The van der Waals surface area contributed by atoms with Gasteiger partial charge in [0.05, 0.1) is 31.1 Å². The van der Waals surface area contributed by atoms with E-state index in [0.717, 1.165) is 25.3 Å². The van der Waals surface area contributed by atoms with E-state index in [1.807, 2.05) is 18.2 Å². The summed E-state index contributed by atoms with van der Waals surface area (Å²) >= 11 is 0. The summed E-state index contributed by atoms with van der Waals surface area (Å²) in [6, 6.07) is 5.86. The molecular formula is C15H24N2O3. The van der Waals surface area contributed by atoms with Gasteiger partial charge in [0, 0.05) is 32.8 Å². The van der Waals surface area contributed by atoms with Crippen LogP contribution in [0.4, 0.5) is 0 Å². The summed E-state index contributed by atoms with van der Waals surface area (Å²) in [6.07, 6.45) is 0.106. The Kier molecular flexibility index (Phi) is 4.96. The van der Waals surface area contributed by atoms with E-state index in [0.29, 0.717) is 12.5 Å². The Hall–Kier alpha value is -1.17. The van der Waals surface area contributed by atoms with Crippen molar-refractivity contribution < 1.29 is 14.2 Å². The van der Waals surface area contributed by atoms with Crippen molar-refractivity contribution in [3.63, 3.8) is 0 Å². The second kappa shape index (κ2) is 6.52. The van der Waals surface area contributed by atoms with Gasteiger partial charge in [0.2, 0.25) is 5.88 Å². The molecule has 5 nitrogen and oxygen atoms in total. The first kappa shape index (κ1) is 15.2. The Balaban J connectivity index is 2.03. The fourth-order valence-electron chi connectivity index (χ4n) is 2.70. The van der Waals surface area contributed by atoms with Crippen LogP contribution in [-0.2, 0) is 16.0 Å². The van der Waals surface area contributed by atoms with Gasteiger partial charge in [0.15, 0.2) is 0 Å². The van der Waals surface area contributed by atoms with Gasteiger partial charge in [-0.05, 0) is 19.9 Å². The van der Waals surface area contributed by atoms with Gasteiger partial charge in [-0.3, -0.25) is 4.90 Å². The van der Waals surface area contributed by atoms with Crippen LogP contribution >= 0.6 is 0 Å². The van der Waals surface area contributed by atoms with Crippen LogP contribution in [0.25, 0.3) is 0 Å². The first-order valence-electron chi connectivity index (χ1n) is 6.91.